The second kappa shape index (κ2) is 10.1. The first-order valence-corrected chi connectivity index (χ1v) is 13.4. The summed E-state index contributed by atoms with van der Waals surface area (Å²) in [5, 5.41) is 13.1. The molecule has 40 heavy (non-hydrogen) atoms. The first-order chi connectivity index (χ1) is 19.0. The molecule has 2 aromatic heterocycles. The van der Waals surface area contributed by atoms with Gasteiger partial charge in [-0.05, 0) is 38.4 Å². The number of aromatic hydroxyl groups is 1. The van der Waals surface area contributed by atoms with Gasteiger partial charge < -0.3 is 20.1 Å². The molecule has 0 radical (unpaired) electrons. The van der Waals surface area contributed by atoms with Gasteiger partial charge in [-0.2, -0.15) is 13.2 Å². The quantitative estimate of drug-likeness (QED) is 0.401. The second-order valence-electron chi connectivity index (χ2n) is 10.8. The molecule has 3 aliphatic heterocycles. The number of halogens is 6. The van der Waals surface area contributed by atoms with Gasteiger partial charge in [0.1, 0.15) is 29.7 Å². The van der Waals surface area contributed by atoms with Crippen LogP contribution in [-0.2, 0) is 6.18 Å². The van der Waals surface area contributed by atoms with Crippen molar-refractivity contribution in [3.05, 3.63) is 40.8 Å². The molecule has 3 saturated heterocycles. The minimum absolute atomic E-state index is 0.0742. The fourth-order valence-corrected chi connectivity index (χ4v) is 6.40. The number of pyridine rings is 2. The molecule has 2 bridgehead atoms. The molecule has 13 heteroatoms. The lowest BCUT2D eigenvalue weighted by Crippen LogP contribution is -2.51. The van der Waals surface area contributed by atoms with Crippen LogP contribution < -0.4 is 15.0 Å². The van der Waals surface area contributed by atoms with Gasteiger partial charge in [0.05, 0.1) is 16.3 Å². The number of likely N-dealkylation sites (tertiary alicyclic amines) is 1. The Bertz CT molecular complexity index is 1450. The Morgan fingerprint density at radius 1 is 1.15 bits per heavy atom. The zero-order valence-corrected chi connectivity index (χ0v) is 22.2. The van der Waals surface area contributed by atoms with E-state index in [1.165, 1.54) is 6.20 Å². The molecule has 0 spiro atoms. The molecule has 3 aliphatic rings. The van der Waals surface area contributed by atoms with E-state index < -0.39 is 45.8 Å². The molecule has 214 valence electrons. The maximum atomic E-state index is 16.2. The van der Waals surface area contributed by atoms with Crippen LogP contribution in [0.25, 0.3) is 22.2 Å². The molecule has 5 heterocycles. The number of phenols is 1. The number of piperazine rings is 1. The molecular weight excluding hydrogens is 557 g/mol. The number of fused-ring (bicyclic) bond motifs is 3. The van der Waals surface area contributed by atoms with Gasteiger partial charge in [0.2, 0.25) is 5.88 Å². The molecule has 1 aromatic carbocycles. The van der Waals surface area contributed by atoms with E-state index in [2.05, 4.69) is 20.2 Å². The van der Waals surface area contributed by atoms with Gasteiger partial charge in [-0.1, -0.05) is 11.6 Å². The summed E-state index contributed by atoms with van der Waals surface area (Å²) in [5.74, 6) is -1.59. The van der Waals surface area contributed by atoms with Crippen LogP contribution in [0.1, 0.15) is 24.8 Å². The Kier molecular flexibility index (Phi) is 6.90. The van der Waals surface area contributed by atoms with Crippen LogP contribution in [0.4, 0.5) is 27.6 Å². The van der Waals surface area contributed by atoms with E-state index in [1.54, 1.807) is 13.1 Å². The summed E-state index contributed by atoms with van der Waals surface area (Å²) in [6.07, 6.45) is -2.33. The molecule has 6 rings (SSSR count). The van der Waals surface area contributed by atoms with Crippen molar-refractivity contribution >= 4 is 28.2 Å². The molecule has 7 nitrogen and oxygen atoms in total. The van der Waals surface area contributed by atoms with Crippen molar-refractivity contribution in [3.63, 3.8) is 0 Å². The Hall–Kier alpha value is -2.96. The van der Waals surface area contributed by atoms with Crippen molar-refractivity contribution in [1.29, 1.82) is 0 Å². The summed E-state index contributed by atoms with van der Waals surface area (Å²) in [7, 11) is 1.79. The minimum atomic E-state index is -4.94. The van der Waals surface area contributed by atoms with Crippen LogP contribution in [0, 0.1) is 5.82 Å². The lowest BCUT2D eigenvalue weighted by Gasteiger charge is -2.35. The fourth-order valence-electron chi connectivity index (χ4n) is 6.08. The molecule has 0 aliphatic carbocycles. The van der Waals surface area contributed by atoms with E-state index in [1.807, 2.05) is 4.90 Å². The van der Waals surface area contributed by atoms with E-state index in [-0.39, 0.29) is 42.7 Å². The van der Waals surface area contributed by atoms with Crippen molar-refractivity contribution in [2.45, 2.75) is 49.7 Å². The van der Waals surface area contributed by atoms with Gasteiger partial charge in [0.15, 0.2) is 5.82 Å². The summed E-state index contributed by atoms with van der Waals surface area (Å²) in [6.45, 7) is 1.69. The van der Waals surface area contributed by atoms with Crippen LogP contribution in [-0.4, -0.2) is 77.6 Å². The number of alkyl halides is 4. The topological polar surface area (TPSA) is 73.8 Å². The molecule has 3 fully saturated rings. The van der Waals surface area contributed by atoms with Gasteiger partial charge in [-0.3, -0.25) is 9.88 Å². The third kappa shape index (κ3) is 5.01. The number of nitrogens with one attached hydrogen (secondary N) is 1. The largest absolute Gasteiger partial charge is 0.508 e. The normalized spacial score (nSPS) is 25.2. The number of benzene rings is 1. The van der Waals surface area contributed by atoms with Crippen LogP contribution in [0.3, 0.4) is 0 Å². The third-order valence-corrected chi connectivity index (χ3v) is 8.28. The molecule has 2 N–H and O–H groups in total. The Balaban J connectivity index is 1.47. The lowest BCUT2D eigenvalue weighted by atomic mass is 10.0. The van der Waals surface area contributed by atoms with Gasteiger partial charge in [0.25, 0.3) is 0 Å². The average molecular weight is 584 g/mol. The van der Waals surface area contributed by atoms with Gasteiger partial charge >= 0.3 is 6.18 Å². The van der Waals surface area contributed by atoms with Crippen molar-refractivity contribution in [1.82, 2.24) is 20.2 Å². The Labute approximate surface area is 231 Å². The number of aromatic nitrogens is 2. The van der Waals surface area contributed by atoms with E-state index >= 15 is 4.39 Å². The number of phenolic OH excluding ortho intramolecular Hbond substituents is 1. The second-order valence-corrected chi connectivity index (χ2v) is 11.2. The standard InChI is InChI=1S/C27H27ClF5N5O2/c1-37-9-13(29)4-16(37)12-40-22-7-21(38-10-14-2-3-15(11-38)35-14)19-8-34-25(24(30)26(19)36-22)18-5-17(39)6-20(28)23(18)27(31,32)33/h5-8,13-16,35,39H,2-4,9-12H2,1H3/t13-,14?,15?,16-/m0/s1. The van der Waals surface area contributed by atoms with Crippen LogP contribution in [0.5, 0.6) is 11.6 Å². The van der Waals surface area contributed by atoms with E-state index in [0.717, 1.165) is 25.0 Å². The molecular formula is C27H27ClF5N5O2. The number of ether oxygens (including phenoxy) is 1. The lowest BCUT2D eigenvalue weighted by molar-refractivity contribution is -0.137. The average Bonchev–Trinajstić information content (AvgIpc) is 3.39. The zero-order chi connectivity index (χ0) is 28.3. The fraction of sp³-hybridized carbons (Fsp3) is 0.481. The SMILES string of the molecule is CN1C[C@@H](F)C[C@H]1COc1cc(N2CC3CCC(C2)N3)c2cnc(-c3cc(O)cc(Cl)c3C(F)(F)F)c(F)c2n1. The number of nitrogens with zero attached hydrogens (tertiary/aromatic N) is 4. The van der Waals surface area contributed by atoms with Gasteiger partial charge in [-0.25, -0.2) is 13.8 Å². The zero-order valence-electron chi connectivity index (χ0n) is 21.5. The number of hydrogen-bond acceptors (Lipinski definition) is 7. The highest BCUT2D eigenvalue weighted by Gasteiger charge is 2.39. The number of rotatable bonds is 5. The Morgan fingerprint density at radius 2 is 1.88 bits per heavy atom. The van der Waals surface area contributed by atoms with Crippen molar-refractivity contribution in [2.24, 2.45) is 0 Å². The maximum Gasteiger partial charge on any atom is 0.418 e. The molecule has 0 saturated carbocycles. The highest BCUT2D eigenvalue weighted by atomic mass is 35.5. The minimum Gasteiger partial charge on any atom is -0.508 e. The first-order valence-electron chi connectivity index (χ1n) is 13.1. The third-order valence-electron chi connectivity index (χ3n) is 7.98. The van der Waals surface area contributed by atoms with Crippen molar-refractivity contribution in [3.8, 4) is 22.9 Å². The van der Waals surface area contributed by atoms with Crippen LogP contribution >= 0.6 is 11.6 Å². The maximum absolute atomic E-state index is 16.2. The number of anilines is 1. The van der Waals surface area contributed by atoms with E-state index in [9.17, 15) is 22.7 Å². The number of likely N-dealkylation sites (N-methyl/N-ethyl adjacent to an activating group) is 1. The smallest absolute Gasteiger partial charge is 0.418 e. The highest BCUT2D eigenvalue weighted by molar-refractivity contribution is 6.32. The monoisotopic (exact) mass is 583 g/mol. The van der Waals surface area contributed by atoms with Gasteiger partial charge in [-0.15, -0.1) is 0 Å². The summed E-state index contributed by atoms with van der Waals surface area (Å²) < 4.78 is 77.8. The van der Waals surface area contributed by atoms with E-state index in [0.29, 0.717) is 30.6 Å². The van der Waals surface area contributed by atoms with Crippen LogP contribution in [0.2, 0.25) is 5.02 Å². The van der Waals surface area contributed by atoms with Gasteiger partial charge in [0, 0.05) is 61.0 Å². The van der Waals surface area contributed by atoms with E-state index in [4.69, 9.17) is 16.3 Å². The van der Waals surface area contributed by atoms with Crippen molar-refractivity contribution < 1.29 is 31.8 Å². The molecule has 4 atom stereocenters. The highest BCUT2D eigenvalue weighted by Crippen LogP contribution is 2.45. The predicted molar refractivity (Wildman–Crippen MR) is 140 cm³/mol. The summed E-state index contributed by atoms with van der Waals surface area (Å²) in [5.41, 5.74) is -2.28. The summed E-state index contributed by atoms with van der Waals surface area (Å²) >= 11 is 5.84. The molecule has 2 unspecified atom stereocenters. The van der Waals surface area contributed by atoms with Crippen LogP contribution in [0.15, 0.2) is 24.4 Å². The number of hydrogen-bond donors (Lipinski definition) is 2. The summed E-state index contributed by atoms with van der Waals surface area (Å²) in [4.78, 5) is 12.4. The Morgan fingerprint density at radius 3 is 2.52 bits per heavy atom. The predicted octanol–water partition coefficient (Wildman–Crippen LogP) is 5.18. The molecule has 3 aromatic rings. The van der Waals surface area contributed by atoms with Crippen molar-refractivity contribution in [2.75, 3.05) is 38.2 Å². The first kappa shape index (κ1) is 27.2. The molecule has 0 amide bonds. The summed E-state index contributed by atoms with van der Waals surface area (Å²) in [6, 6.07) is 3.51.